The number of hydrogen-bond acceptors (Lipinski definition) is 2. The van der Waals surface area contributed by atoms with Crippen LogP contribution in [-0.4, -0.2) is 17.9 Å². The van der Waals surface area contributed by atoms with Crippen molar-refractivity contribution in [2.24, 2.45) is 0 Å². The maximum absolute atomic E-state index is 12.2. The summed E-state index contributed by atoms with van der Waals surface area (Å²) < 4.78 is 0. The summed E-state index contributed by atoms with van der Waals surface area (Å²) in [4.78, 5) is 17.9. The Balaban J connectivity index is 2.26. The van der Waals surface area contributed by atoms with Crippen molar-refractivity contribution in [1.29, 1.82) is 0 Å². The summed E-state index contributed by atoms with van der Waals surface area (Å²) in [6.07, 6.45) is 0. The molecule has 2 aromatic rings. The fraction of sp³-hybridized carbons (Fsp3) is 0.133. The van der Waals surface area contributed by atoms with Gasteiger partial charge in [0.1, 0.15) is 5.69 Å². The van der Waals surface area contributed by atoms with Crippen LogP contribution in [0.15, 0.2) is 42.5 Å². The number of anilines is 1. The first-order chi connectivity index (χ1) is 8.58. The predicted octanol–water partition coefficient (Wildman–Crippen LogP) is 2.85. The zero-order chi connectivity index (χ0) is 13.1. The zero-order valence-corrected chi connectivity index (χ0v) is 10.6. The smallest absolute Gasteiger partial charge is 0.276 e. The molecule has 0 spiro atoms. The minimum absolute atomic E-state index is 0.135. The van der Waals surface area contributed by atoms with Gasteiger partial charge in [0, 0.05) is 18.4 Å². The fourth-order valence-corrected chi connectivity index (χ4v) is 1.66. The normalized spacial score (nSPS) is 10.2. The largest absolute Gasteiger partial charge is 0.310 e. The molecule has 0 bridgehead atoms. The molecule has 1 amide bonds. The predicted molar refractivity (Wildman–Crippen MR) is 72.6 cm³/mol. The second-order valence-electron chi connectivity index (χ2n) is 4.21. The van der Waals surface area contributed by atoms with E-state index in [1.165, 1.54) is 0 Å². The molecule has 0 aliphatic rings. The summed E-state index contributed by atoms with van der Waals surface area (Å²) in [5.74, 6) is -0.135. The van der Waals surface area contributed by atoms with E-state index in [0.29, 0.717) is 11.4 Å². The molecule has 0 fully saturated rings. The first-order valence-electron chi connectivity index (χ1n) is 5.71. The molecule has 1 aromatic carbocycles. The highest BCUT2D eigenvalue weighted by Crippen LogP contribution is 2.15. The molecule has 2 rings (SSSR count). The van der Waals surface area contributed by atoms with Crippen molar-refractivity contribution in [3.63, 3.8) is 0 Å². The minimum atomic E-state index is -0.135. The van der Waals surface area contributed by atoms with Crippen molar-refractivity contribution < 1.29 is 4.79 Å². The lowest BCUT2D eigenvalue weighted by atomic mass is 10.2. The summed E-state index contributed by atoms with van der Waals surface area (Å²) in [7, 11) is 1.74. The molecule has 0 saturated carbocycles. The lowest BCUT2D eigenvalue weighted by Crippen LogP contribution is -2.27. The van der Waals surface area contributed by atoms with E-state index in [9.17, 15) is 4.79 Å². The number of amides is 1. The highest BCUT2D eigenvalue weighted by atomic mass is 16.2. The van der Waals surface area contributed by atoms with Gasteiger partial charge in [0.15, 0.2) is 0 Å². The third-order valence-corrected chi connectivity index (χ3v) is 2.75. The lowest BCUT2D eigenvalue weighted by molar-refractivity contribution is 0.0988. The Labute approximate surface area is 107 Å². The van der Waals surface area contributed by atoms with E-state index in [2.05, 4.69) is 11.9 Å². The Morgan fingerprint density at radius 1 is 1.17 bits per heavy atom. The van der Waals surface area contributed by atoms with Crippen molar-refractivity contribution >= 4 is 11.6 Å². The van der Waals surface area contributed by atoms with E-state index in [-0.39, 0.29) is 5.91 Å². The van der Waals surface area contributed by atoms with E-state index in [0.717, 1.165) is 11.3 Å². The summed E-state index contributed by atoms with van der Waals surface area (Å²) in [5, 5.41) is 0. The quantitative estimate of drug-likeness (QED) is 0.807. The lowest BCUT2D eigenvalue weighted by Gasteiger charge is -2.17. The molecule has 0 N–H and O–H groups in total. The van der Waals surface area contributed by atoms with Crippen LogP contribution in [0.2, 0.25) is 0 Å². The molecule has 1 radical (unpaired) electrons. The highest BCUT2D eigenvalue weighted by Gasteiger charge is 2.14. The summed E-state index contributed by atoms with van der Waals surface area (Å²) in [5.41, 5.74) is 3.02. The number of pyridine rings is 1. The van der Waals surface area contributed by atoms with Gasteiger partial charge in [0.05, 0.1) is 0 Å². The molecule has 0 aliphatic carbocycles. The second kappa shape index (κ2) is 5.00. The molecule has 0 unspecified atom stereocenters. The number of nitrogens with zero attached hydrogens (tertiary/aromatic N) is 2. The number of carbonyl (C=O) groups excluding carboxylic acids is 1. The summed E-state index contributed by atoms with van der Waals surface area (Å²) in [6.45, 7) is 5.74. The van der Waals surface area contributed by atoms with Gasteiger partial charge in [-0.15, -0.1) is 0 Å². The molecular weight excluding hydrogens is 224 g/mol. The molecule has 18 heavy (non-hydrogen) atoms. The number of benzene rings is 1. The van der Waals surface area contributed by atoms with Crippen molar-refractivity contribution in [2.45, 2.75) is 6.92 Å². The van der Waals surface area contributed by atoms with E-state index >= 15 is 0 Å². The molecule has 1 aromatic heterocycles. The Morgan fingerprint density at radius 2 is 1.83 bits per heavy atom. The molecule has 91 valence electrons. The number of aromatic nitrogens is 1. The third kappa shape index (κ3) is 2.56. The van der Waals surface area contributed by atoms with Gasteiger partial charge in [-0.1, -0.05) is 23.8 Å². The van der Waals surface area contributed by atoms with E-state index in [1.807, 2.05) is 31.2 Å². The first kappa shape index (κ1) is 12.3. The van der Waals surface area contributed by atoms with Crippen molar-refractivity contribution in [3.8, 4) is 0 Å². The van der Waals surface area contributed by atoms with Crippen LogP contribution in [0.3, 0.4) is 0 Å². The number of aryl methyl sites for hydroxylation is 1. The number of hydrogen-bond donors (Lipinski definition) is 0. The van der Waals surface area contributed by atoms with Crippen molar-refractivity contribution in [1.82, 2.24) is 4.98 Å². The monoisotopic (exact) mass is 239 g/mol. The number of carbonyl (C=O) groups is 1. The number of rotatable bonds is 2. The van der Waals surface area contributed by atoms with E-state index in [4.69, 9.17) is 0 Å². The van der Waals surface area contributed by atoms with E-state index < -0.39 is 0 Å². The average Bonchev–Trinajstić information content (AvgIpc) is 2.38. The van der Waals surface area contributed by atoms with Gasteiger partial charge in [-0.3, -0.25) is 4.79 Å². The topological polar surface area (TPSA) is 33.2 Å². The molecule has 3 heteroatoms. The van der Waals surface area contributed by atoms with E-state index in [1.54, 1.807) is 30.1 Å². The van der Waals surface area contributed by atoms with Gasteiger partial charge in [-0.05, 0) is 38.1 Å². The summed E-state index contributed by atoms with van der Waals surface area (Å²) >= 11 is 0. The van der Waals surface area contributed by atoms with Crippen LogP contribution < -0.4 is 4.90 Å². The highest BCUT2D eigenvalue weighted by molar-refractivity contribution is 6.04. The Kier molecular flexibility index (Phi) is 3.42. The third-order valence-electron chi connectivity index (χ3n) is 2.75. The van der Waals surface area contributed by atoms with Crippen LogP contribution in [0.4, 0.5) is 5.69 Å². The Morgan fingerprint density at radius 3 is 2.44 bits per heavy atom. The summed E-state index contributed by atoms with van der Waals surface area (Å²) in [6, 6.07) is 13.0. The first-order valence-corrected chi connectivity index (χ1v) is 5.71. The van der Waals surface area contributed by atoms with Crippen LogP contribution in [0.1, 0.15) is 21.7 Å². The molecule has 0 aliphatic heterocycles. The Bertz CT molecular complexity index is 561. The standard InChI is InChI=1S/C15H15N2O/c1-11-7-9-13(10-8-11)17(3)15(18)14-6-4-5-12(2)16-14/h4-10H,2H2,1,3H3. The van der Waals surface area contributed by atoms with Crippen LogP contribution >= 0.6 is 0 Å². The molecule has 1 heterocycles. The molecular formula is C15H15N2O. The maximum atomic E-state index is 12.2. The Hall–Kier alpha value is -2.16. The van der Waals surface area contributed by atoms with Gasteiger partial charge in [0.2, 0.25) is 0 Å². The molecule has 3 nitrogen and oxygen atoms in total. The average molecular weight is 239 g/mol. The SMILES string of the molecule is [CH2]c1cccc(C(=O)N(C)c2ccc(C)cc2)n1. The van der Waals surface area contributed by atoms with Crippen molar-refractivity contribution in [3.05, 3.63) is 66.3 Å². The molecule has 0 atom stereocenters. The fourth-order valence-electron chi connectivity index (χ4n) is 1.66. The van der Waals surface area contributed by atoms with Crippen molar-refractivity contribution in [2.75, 3.05) is 11.9 Å². The maximum Gasteiger partial charge on any atom is 0.276 e. The minimum Gasteiger partial charge on any atom is -0.310 e. The van der Waals surface area contributed by atoms with Crippen LogP contribution in [0.25, 0.3) is 0 Å². The van der Waals surface area contributed by atoms with Crippen LogP contribution in [-0.2, 0) is 0 Å². The zero-order valence-electron chi connectivity index (χ0n) is 10.6. The van der Waals surface area contributed by atoms with Gasteiger partial charge < -0.3 is 4.90 Å². The molecule has 0 saturated heterocycles. The van der Waals surface area contributed by atoms with Gasteiger partial charge in [-0.25, -0.2) is 4.98 Å². The second-order valence-corrected chi connectivity index (χ2v) is 4.21. The van der Waals surface area contributed by atoms with Gasteiger partial charge >= 0.3 is 0 Å². The van der Waals surface area contributed by atoms with Crippen LogP contribution in [0, 0.1) is 13.8 Å². The van der Waals surface area contributed by atoms with Gasteiger partial charge in [0.25, 0.3) is 5.91 Å². The van der Waals surface area contributed by atoms with Crippen LogP contribution in [0.5, 0.6) is 0 Å². The van der Waals surface area contributed by atoms with Gasteiger partial charge in [-0.2, -0.15) is 0 Å².